The van der Waals surface area contributed by atoms with Gasteiger partial charge in [0.2, 0.25) is 11.6 Å². The van der Waals surface area contributed by atoms with Crippen LogP contribution in [0, 0.1) is 35.3 Å². The average molecular weight is 521 g/mol. The predicted molar refractivity (Wildman–Crippen MR) is 146 cm³/mol. The van der Waals surface area contributed by atoms with Crippen LogP contribution in [-0.4, -0.2) is 12.6 Å². The van der Waals surface area contributed by atoms with Crippen LogP contribution in [0.3, 0.4) is 0 Å². The molecule has 2 aliphatic rings. The van der Waals surface area contributed by atoms with E-state index in [0.29, 0.717) is 12.5 Å². The Balaban J connectivity index is 1.38. The van der Waals surface area contributed by atoms with E-state index in [1.165, 1.54) is 82.8 Å². The van der Waals surface area contributed by atoms with Crippen molar-refractivity contribution in [3.63, 3.8) is 0 Å². The second-order valence-electron chi connectivity index (χ2n) is 11.6. The average Bonchev–Trinajstić information content (AvgIpc) is 2.92. The molecule has 0 aliphatic heterocycles. The molecule has 0 spiro atoms. The molecule has 5 heteroatoms. The fourth-order valence-electron chi connectivity index (χ4n) is 6.42. The van der Waals surface area contributed by atoms with Crippen LogP contribution in [0.1, 0.15) is 129 Å². The van der Waals surface area contributed by atoms with Gasteiger partial charge in [0.1, 0.15) is 0 Å². The number of hydrogen-bond donors (Lipinski definition) is 0. The van der Waals surface area contributed by atoms with Crippen molar-refractivity contribution in [1.29, 1.82) is 0 Å². The van der Waals surface area contributed by atoms with E-state index in [0.717, 1.165) is 56.8 Å². The monoisotopic (exact) mass is 520 g/mol. The second-order valence-corrected chi connectivity index (χ2v) is 11.6. The molecule has 2 aliphatic carbocycles. The smallest absolute Gasteiger partial charge is 0.314 e. The summed E-state index contributed by atoms with van der Waals surface area (Å²) in [5.74, 6) is -0.942. The molecule has 2 saturated carbocycles. The van der Waals surface area contributed by atoms with Crippen molar-refractivity contribution in [2.24, 2.45) is 23.7 Å². The van der Waals surface area contributed by atoms with E-state index >= 15 is 0 Å². The Labute approximate surface area is 224 Å². The number of halogens is 2. The number of rotatable bonds is 15. The summed E-state index contributed by atoms with van der Waals surface area (Å²) in [5, 5.41) is 0. The van der Waals surface area contributed by atoms with Gasteiger partial charge in [-0.1, -0.05) is 84.5 Å². The largest absolute Gasteiger partial charge is 0.490 e. The minimum Gasteiger partial charge on any atom is -0.490 e. The van der Waals surface area contributed by atoms with Gasteiger partial charge in [-0.15, -0.1) is 0 Å². The standard InChI is InChI=1S/C32H50F2O3/c1-3-5-7-8-9-11-23-36-28-21-22-29(31(34)30(28)33)37-32(35)27-19-17-26(18-20-27)25-15-13-24(14-16-25)12-10-6-4-2/h21-22,24-27H,3-20,23H2,1-2H3. The zero-order chi connectivity index (χ0) is 26.5. The second kappa shape index (κ2) is 16.3. The van der Waals surface area contributed by atoms with Gasteiger partial charge in [0.05, 0.1) is 12.5 Å². The van der Waals surface area contributed by atoms with Crippen molar-refractivity contribution in [2.45, 2.75) is 129 Å². The molecule has 3 rings (SSSR count). The van der Waals surface area contributed by atoms with Crippen molar-refractivity contribution in [3.8, 4) is 11.5 Å². The molecule has 37 heavy (non-hydrogen) atoms. The minimum atomic E-state index is -1.14. The van der Waals surface area contributed by atoms with Crippen LogP contribution in [-0.2, 0) is 4.79 Å². The summed E-state index contributed by atoms with van der Waals surface area (Å²) < 4.78 is 39.9. The lowest BCUT2D eigenvalue weighted by Crippen LogP contribution is -2.30. The Bertz CT molecular complexity index is 795. The van der Waals surface area contributed by atoms with Crippen molar-refractivity contribution in [2.75, 3.05) is 6.61 Å². The number of carbonyl (C=O) groups excluding carboxylic acids is 1. The third-order valence-corrected chi connectivity index (χ3v) is 8.86. The predicted octanol–water partition coefficient (Wildman–Crippen LogP) is 9.80. The van der Waals surface area contributed by atoms with Gasteiger partial charge in [-0.05, 0) is 74.8 Å². The Kier molecular flexibility index (Phi) is 13.2. The van der Waals surface area contributed by atoms with Gasteiger partial charge in [0.15, 0.2) is 11.5 Å². The van der Waals surface area contributed by atoms with Gasteiger partial charge in [-0.25, -0.2) is 0 Å². The molecule has 210 valence electrons. The van der Waals surface area contributed by atoms with E-state index < -0.39 is 17.6 Å². The van der Waals surface area contributed by atoms with Gasteiger partial charge in [0, 0.05) is 0 Å². The summed E-state index contributed by atoms with van der Waals surface area (Å²) in [6.07, 6.45) is 21.0. The topological polar surface area (TPSA) is 35.5 Å². The molecule has 0 atom stereocenters. The summed E-state index contributed by atoms with van der Waals surface area (Å²) >= 11 is 0. The third kappa shape index (κ3) is 9.55. The molecule has 0 bridgehead atoms. The Morgan fingerprint density at radius 2 is 1.27 bits per heavy atom. The maximum atomic E-state index is 14.6. The van der Waals surface area contributed by atoms with Gasteiger partial charge in [-0.2, -0.15) is 8.78 Å². The fraction of sp³-hybridized carbons (Fsp3) is 0.781. The highest BCUT2D eigenvalue weighted by molar-refractivity contribution is 5.75. The molecule has 0 aromatic heterocycles. The minimum absolute atomic E-state index is 0.119. The molecule has 0 N–H and O–H groups in total. The van der Waals surface area contributed by atoms with Crippen LogP contribution in [0.15, 0.2) is 12.1 Å². The number of benzene rings is 1. The van der Waals surface area contributed by atoms with Crippen LogP contribution in [0.4, 0.5) is 8.78 Å². The molecular weight excluding hydrogens is 470 g/mol. The van der Waals surface area contributed by atoms with Crippen LogP contribution in [0.5, 0.6) is 11.5 Å². The molecule has 1 aromatic rings. The SMILES string of the molecule is CCCCCCCCOc1ccc(OC(=O)C2CCC(C3CCC(CCCCC)CC3)CC2)c(F)c1F. The van der Waals surface area contributed by atoms with E-state index in [1.54, 1.807) is 0 Å². The van der Waals surface area contributed by atoms with E-state index in [4.69, 9.17) is 9.47 Å². The summed E-state index contributed by atoms with van der Waals surface area (Å²) in [6, 6.07) is 2.69. The Morgan fingerprint density at radius 3 is 1.95 bits per heavy atom. The van der Waals surface area contributed by atoms with Crippen LogP contribution < -0.4 is 9.47 Å². The van der Waals surface area contributed by atoms with Crippen LogP contribution >= 0.6 is 0 Å². The molecular formula is C32H50F2O3. The molecule has 3 nitrogen and oxygen atoms in total. The Hall–Kier alpha value is -1.65. The number of ether oxygens (including phenoxy) is 2. The van der Waals surface area contributed by atoms with Gasteiger partial charge < -0.3 is 9.47 Å². The summed E-state index contributed by atoms with van der Waals surface area (Å²) in [7, 11) is 0. The molecule has 0 unspecified atom stereocenters. The molecule has 2 fully saturated rings. The van der Waals surface area contributed by atoms with E-state index in [1.807, 2.05) is 0 Å². The first-order chi connectivity index (χ1) is 18.0. The first-order valence-corrected chi connectivity index (χ1v) is 15.4. The summed E-state index contributed by atoms with van der Waals surface area (Å²) in [5.41, 5.74) is 0. The highest BCUT2D eigenvalue weighted by Crippen LogP contribution is 2.42. The molecule has 0 heterocycles. The quantitative estimate of drug-likeness (QED) is 0.131. The highest BCUT2D eigenvalue weighted by Gasteiger charge is 2.34. The number of carbonyl (C=O) groups is 1. The zero-order valence-electron chi connectivity index (χ0n) is 23.4. The first kappa shape index (κ1) is 29.9. The number of unbranched alkanes of at least 4 members (excludes halogenated alkanes) is 7. The molecule has 0 radical (unpaired) electrons. The Morgan fingerprint density at radius 1 is 0.730 bits per heavy atom. The van der Waals surface area contributed by atoms with E-state index in [2.05, 4.69) is 13.8 Å². The molecule has 0 amide bonds. The maximum Gasteiger partial charge on any atom is 0.314 e. The maximum absolute atomic E-state index is 14.6. The van der Waals surface area contributed by atoms with E-state index in [9.17, 15) is 13.6 Å². The molecule has 0 saturated heterocycles. The van der Waals surface area contributed by atoms with Gasteiger partial charge in [0.25, 0.3) is 0 Å². The van der Waals surface area contributed by atoms with Crippen molar-refractivity contribution in [3.05, 3.63) is 23.8 Å². The van der Waals surface area contributed by atoms with Gasteiger partial charge in [-0.3, -0.25) is 4.79 Å². The molecule has 1 aromatic carbocycles. The summed E-state index contributed by atoms with van der Waals surface area (Å²) in [4.78, 5) is 12.7. The number of hydrogen-bond acceptors (Lipinski definition) is 3. The van der Waals surface area contributed by atoms with Crippen LogP contribution in [0.25, 0.3) is 0 Å². The van der Waals surface area contributed by atoms with Crippen molar-refractivity contribution in [1.82, 2.24) is 0 Å². The number of esters is 1. The lowest BCUT2D eigenvalue weighted by Gasteiger charge is -2.37. The zero-order valence-corrected chi connectivity index (χ0v) is 23.4. The van der Waals surface area contributed by atoms with Crippen LogP contribution in [0.2, 0.25) is 0 Å². The highest BCUT2D eigenvalue weighted by atomic mass is 19.2. The van der Waals surface area contributed by atoms with Crippen molar-refractivity contribution >= 4 is 5.97 Å². The van der Waals surface area contributed by atoms with Crippen molar-refractivity contribution < 1.29 is 23.0 Å². The fourth-order valence-corrected chi connectivity index (χ4v) is 6.42. The third-order valence-electron chi connectivity index (χ3n) is 8.86. The first-order valence-electron chi connectivity index (χ1n) is 15.4. The summed E-state index contributed by atoms with van der Waals surface area (Å²) in [6.45, 7) is 4.79. The van der Waals surface area contributed by atoms with E-state index in [-0.39, 0.29) is 17.4 Å². The van der Waals surface area contributed by atoms with Gasteiger partial charge >= 0.3 is 5.97 Å². The lowest BCUT2D eigenvalue weighted by molar-refractivity contribution is -0.140. The lowest BCUT2D eigenvalue weighted by atomic mass is 9.68. The normalized spacial score (nSPS) is 24.1.